The molecule has 0 unspecified atom stereocenters. The molecule has 4 nitrogen and oxygen atoms in total. The number of hydrogen-bond acceptors (Lipinski definition) is 4. The molecule has 4 N–H and O–H groups in total. The summed E-state index contributed by atoms with van der Waals surface area (Å²) in [5.41, 5.74) is 3.19. The van der Waals surface area contributed by atoms with Gasteiger partial charge in [0.2, 0.25) is 0 Å². The Morgan fingerprint density at radius 2 is 0.667 bits per heavy atom. The molecule has 0 bridgehead atoms. The summed E-state index contributed by atoms with van der Waals surface area (Å²) in [4.78, 5) is 0. The lowest BCUT2D eigenvalue weighted by Crippen LogP contribution is -2.32. The van der Waals surface area contributed by atoms with Crippen LogP contribution in [-0.4, -0.2) is 20.4 Å². The normalized spacial score (nSPS) is 11.3. The highest BCUT2D eigenvalue weighted by molar-refractivity contribution is 5.54. The molecule has 0 aliphatic heterocycles. The fourth-order valence-electron chi connectivity index (χ4n) is 3.96. The molecule has 0 saturated carbocycles. The van der Waals surface area contributed by atoms with Gasteiger partial charge in [-0.3, -0.25) is 0 Å². The van der Waals surface area contributed by atoms with E-state index in [1.165, 1.54) is 0 Å². The third-order valence-electron chi connectivity index (χ3n) is 5.49. The standard InChI is InChI=1S/C26H22O4/c27-22-9-1-18(2-10-22)17-26(19-3-11-23(28)12-4-19,20-5-13-24(29)14-6-20)21-7-15-25(30)16-8-21/h1-16,27-30H,17H2. The Labute approximate surface area is 175 Å². The zero-order chi connectivity index (χ0) is 21.1. The third-order valence-corrected chi connectivity index (χ3v) is 5.49. The van der Waals surface area contributed by atoms with E-state index < -0.39 is 5.41 Å². The molecule has 30 heavy (non-hydrogen) atoms. The van der Waals surface area contributed by atoms with Crippen LogP contribution in [0.15, 0.2) is 97.1 Å². The summed E-state index contributed by atoms with van der Waals surface area (Å²) in [6.45, 7) is 0. The van der Waals surface area contributed by atoms with E-state index in [2.05, 4.69) is 0 Å². The second kappa shape index (κ2) is 7.84. The van der Waals surface area contributed by atoms with Crippen molar-refractivity contribution in [3.63, 3.8) is 0 Å². The lowest BCUT2D eigenvalue weighted by atomic mass is 9.66. The molecule has 0 saturated heterocycles. The monoisotopic (exact) mass is 398 g/mol. The van der Waals surface area contributed by atoms with Crippen molar-refractivity contribution < 1.29 is 20.4 Å². The van der Waals surface area contributed by atoms with Crippen molar-refractivity contribution in [3.8, 4) is 23.0 Å². The molecule has 4 heteroatoms. The molecule has 4 aromatic carbocycles. The van der Waals surface area contributed by atoms with Crippen molar-refractivity contribution in [3.05, 3.63) is 119 Å². The van der Waals surface area contributed by atoms with E-state index in [4.69, 9.17) is 0 Å². The molecular weight excluding hydrogens is 376 g/mol. The summed E-state index contributed by atoms with van der Waals surface area (Å²) in [5, 5.41) is 39.3. The van der Waals surface area contributed by atoms with Gasteiger partial charge in [-0.15, -0.1) is 0 Å². The highest BCUT2D eigenvalue weighted by Crippen LogP contribution is 2.43. The molecule has 0 amide bonds. The lowest BCUT2D eigenvalue weighted by Gasteiger charge is -2.36. The van der Waals surface area contributed by atoms with Gasteiger partial charge in [0.05, 0.1) is 0 Å². The maximum Gasteiger partial charge on any atom is 0.115 e. The Kier molecular flexibility index (Phi) is 5.07. The molecule has 4 aromatic rings. The van der Waals surface area contributed by atoms with Crippen LogP contribution in [0.2, 0.25) is 0 Å². The first kappa shape index (κ1) is 19.4. The Bertz CT molecular complexity index is 1000. The largest absolute Gasteiger partial charge is 0.508 e. The van der Waals surface area contributed by atoms with Crippen molar-refractivity contribution >= 4 is 0 Å². The van der Waals surface area contributed by atoms with E-state index in [0.717, 1.165) is 22.3 Å². The minimum Gasteiger partial charge on any atom is -0.508 e. The van der Waals surface area contributed by atoms with E-state index in [-0.39, 0.29) is 23.0 Å². The average Bonchev–Trinajstić information content (AvgIpc) is 2.75. The highest BCUT2D eigenvalue weighted by Gasteiger charge is 2.36. The maximum atomic E-state index is 9.86. The highest BCUT2D eigenvalue weighted by atomic mass is 16.3. The molecule has 150 valence electrons. The molecule has 0 aliphatic carbocycles. The van der Waals surface area contributed by atoms with E-state index in [9.17, 15) is 20.4 Å². The lowest BCUT2D eigenvalue weighted by molar-refractivity contribution is 0.472. The number of aromatic hydroxyl groups is 4. The molecule has 0 fully saturated rings. The Balaban J connectivity index is 2.00. The van der Waals surface area contributed by atoms with Crippen molar-refractivity contribution in [2.45, 2.75) is 11.8 Å². The predicted molar refractivity (Wildman–Crippen MR) is 116 cm³/mol. The fourth-order valence-corrected chi connectivity index (χ4v) is 3.96. The number of benzene rings is 4. The fraction of sp³-hybridized carbons (Fsp3) is 0.0769. The summed E-state index contributed by atoms with van der Waals surface area (Å²) < 4.78 is 0. The van der Waals surface area contributed by atoms with Gasteiger partial charge in [-0.05, 0) is 77.2 Å². The van der Waals surface area contributed by atoms with Crippen LogP contribution in [0, 0.1) is 0 Å². The van der Waals surface area contributed by atoms with Crippen molar-refractivity contribution in [1.82, 2.24) is 0 Å². The van der Waals surface area contributed by atoms with Crippen molar-refractivity contribution in [1.29, 1.82) is 0 Å². The van der Waals surface area contributed by atoms with Crippen LogP contribution in [0.5, 0.6) is 23.0 Å². The van der Waals surface area contributed by atoms with Crippen LogP contribution >= 0.6 is 0 Å². The SMILES string of the molecule is Oc1ccc(CC(c2ccc(O)cc2)(c2ccc(O)cc2)c2ccc(O)cc2)cc1. The Morgan fingerprint density at radius 1 is 0.400 bits per heavy atom. The Hall–Kier alpha value is -3.92. The number of phenolic OH excluding ortho intramolecular Hbond substituents is 4. The molecule has 0 heterocycles. The van der Waals surface area contributed by atoms with E-state index in [0.29, 0.717) is 6.42 Å². The smallest absolute Gasteiger partial charge is 0.115 e. The van der Waals surface area contributed by atoms with E-state index in [1.54, 1.807) is 48.5 Å². The topological polar surface area (TPSA) is 80.9 Å². The van der Waals surface area contributed by atoms with Crippen molar-refractivity contribution in [2.24, 2.45) is 0 Å². The zero-order valence-corrected chi connectivity index (χ0v) is 16.2. The summed E-state index contributed by atoms with van der Waals surface area (Å²) in [5.74, 6) is 0.722. The first-order valence-corrected chi connectivity index (χ1v) is 9.64. The van der Waals surface area contributed by atoms with Crippen LogP contribution in [-0.2, 0) is 11.8 Å². The van der Waals surface area contributed by atoms with Gasteiger partial charge in [0.1, 0.15) is 23.0 Å². The van der Waals surface area contributed by atoms with E-state index >= 15 is 0 Å². The summed E-state index contributed by atoms with van der Waals surface area (Å²) >= 11 is 0. The molecule has 0 aromatic heterocycles. The van der Waals surface area contributed by atoms with Crippen LogP contribution in [0.25, 0.3) is 0 Å². The Morgan fingerprint density at radius 3 is 0.967 bits per heavy atom. The van der Waals surface area contributed by atoms with Gasteiger partial charge in [-0.1, -0.05) is 48.5 Å². The van der Waals surface area contributed by atoms with Gasteiger partial charge in [0.25, 0.3) is 0 Å². The summed E-state index contributed by atoms with van der Waals surface area (Å²) in [7, 11) is 0. The minimum absolute atomic E-state index is 0.175. The quantitative estimate of drug-likeness (QED) is 0.353. The first-order valence-electron chi connectivity index (χ1n) is 9.64. The molecule has 0 spiro atoms. The van der Waals surface area contributed by atoms with Crippen LogP contribution < -0.4 is 0 Å². The molecular formula is C26H22O4. The van der Waals surface area contributed by atoms with Crippen molar-refractivity contribution in [2.75, 3.05) is 0 Å². The third kappa shape index (κ3) is 3.67. The van der Waals surface area contributed by atoms with Crippen LogP contribution in [0.1, 0.15) is 22.3 Å². The van der Waals surface area contributed by atoms with Crippen LogP contribution in [0.4, 0.5) is 0 Å². The second-order valence-corrected chi connectivity index (χ2v) is 7.39. The summed E-state index contributed by atoms with van der Waals surface area (Å²) in [6, 6.07) is 28.3. The van der Waals surface area contributed by atoms with Gasteiger partial charge in [-0.25, -0.2) is 0 Å². The maximum absolute atomic E-state index is 9.86. The average molecular weight is 398 g/mol. The molecule has 0 radical (unpaired) electrons. The van der Waals surface area contributed by atoms with Gasteiger partial charge in [-0.2, -0.15) is 0 Å². The van der Waals surface area contributed by atoms with Gasteiger partial charge in [0, 0.05) is 5.41 Å². The molecule has 4 rings (SSSR count). The summed E-state index contributed by atoms with van der Waals surface area (Å²) in [6.07, 6.45) is 0.563. The minimum atomic E-state index is -0.661. The van der Waals surface area contributed by atoms with Gasteiger partial charge < -0.3 is 20.4 Å². The second-order valence-electron chi connectivity index (χ2n) is 7.39. The number of hydrogen-bond donors (Lipinski definition) is 4. The number of phenols is 4. The zero-order valence-electron chi connectivity index (χ0n) is 16.2. The molecule has 0 aliphatic rings. The van der Waals surface area contributed by atoms with Crippen LogP contribution in [0.3, 0.4) is 0 Å². The predicted octanol–water partition coefficient (Wildman–Crippen LogP) is 5.09. The first-order chi connectivity index (χ1) is 14.5. The molecule has 0 atom stereocenters. The van der Waals surface area contributed by atoms with Gasteiger partial charge in [0.15, 0.2) is 0 Å². The van der Waals surface area contributed by atoms with E-state index in [1.807, 2.05) is 48.5 Å². The van der Waals surface area contributed by atoms with Gasteiger partial charge >= 0.3 is 0 Å². The number of rotatable bonds is 5.